The number of hydrogen-bond acceptors (Lipinski definition) is 8. The van der Waals surface area contributed by atoms with E-state index in [1.54, 1.807) is 18.2 Å². The van der Waals surface area contributed by atoms with Gasteiger partial charge in [-0.2, -0.15) is 0 Å². The van der Waals surface area contributed by atoms with Crippen LogP contribution in [0.5, 0.6) is 17.2 Å². The molecule has 162 valence electrons. The fraction of sp³-hybridized carbons (Fsp3) is 0.450. The summed E-state index contributed by atoms with van der Waals surface area (Å²) in [6, 6.07) is 3.38. The highest BCUT2D eigenvalue weighted by Gasteiger charge is 2.35. The largest absolute Gasteiger partial charge is 0.493 e. The van der Waals surface area contributed by atoms with Gasteiger partial charge in [0, 0.05) is 19.7 Å². The fourth-order valence-electron chi connectivity index (χ4n) is 3.22. The number of thioether (sulfide) groups is 1. The number of nitrogens with zero attached hydrogens (tertiary/aromatic N) is 1. The summed E-state index contributed by atoms with van der Waals surface area (Å²) in [5.74, 6) is 0.697. The van der Waals surface area contributed by atoms with Crippen LogP contribution in [-0.2, 0) is 14.3 Å². The zero-order valence-electron chi connectivity index (χ0n) is 17.1. The minimum Gasteiger partial charge on any atom is -0.493 e. The Morgan fingerprint density at radius 1 is 1.23 bits per heavy atom. The Balaban J connectivity index is 1.68. The molecule has 2 aliphatic rings. The molecule has 0 aliphatic carbocycles. The van der Waals surface area contributed by atoms with Gasteiger partial charge in [0.05, 0.1) is 26.2 Å². The van der Waals surface area contributed by atoms with E-state index >= 15 is 0 Å². The van der Waals surface area contributed by atoms with Gasteiger partial charge >= 0.3 is 0 Å². The van der Waals surface area contributed by atoms with Gasteiger partial charge in [0.1, 0.15) is 6.10 Å². The molecule has 3 rings (SSSR count). The van der Waals surface area contributed by atoms with Gasteiger partial charge in [-0.25, -0.2) is 0 Å². The third-order valence-electron chi connectivity index (χ3n) is 4.72. The minimum absolute atomic E-state index is 0.0930. The third kappa shape index (κ3) is 4.71. The summed E-state index contributed by atoms with van der Waals surface area (Å²) in [7, 11) is 4.50. The molecule has 0 radical (unpaired) electrons. The fourth-order valence-corrected chi connectivity index (χ4v) is 4.08. The molecule has 1 unspecified atom stereocenters. The van der Waals surface area contributed by atoms with Crippen LogP contribution in [0.4, 0.5) is 4.79 Å². The molecule has 1 atom stereocenters. The van der Waals surface area contributed by atoms with Gasteiger partial charge < -0.3 is 24.3 Å². The van der Waals surface area contributed by atoms with Crippen molar-refractivity contribution in [3.05, 3.63) is 22.6 Å². The lowest BCUT2D eigenvalue weighted by molar-refractivity contribution is -0.130. The van der Waals surface area contributed by atoms with E-state index in [0.29, 0.717) is 35.8 Å². The van der Waals surface area contributed by atoms with Gasteiger partial charge in [0.15, 0.2) is 11.5 Å². The van der Waals surface area contributed by atoms with Crippen LogP contribution in [0.2, 0.25) is 0 Å². The highest BCUT2D eigenvalue weighted by molar-refractivity contribution is 8.18. The molecule has 9 nitrogen and oxygen atoms in total. The number of carbonyl (C=O) groups excluding carboxylic acids is 3. The van der Waals surface area contributed by atoms with E-state index in [4.69, 9.17) is 18.9 Å². The molecule has 2 heterocycles. The van der Waals surface area contributed by atoms with Crippen molar-refractivity contribution in [1.82, 2.24) is 10.2 Å². The molecule has 10 heteroatoms. The summed E-state index contributed by atoms with van der Waals surface area (Å²) in [6.45, 7) is 0.844. The normalized spacial score (nSPS) is 20.0. The van der Waals surface area contributed by atoms with Crippen molar-refractivity contribution in [2.45, 2.75) is 18.9 Å². The molecule has 0 spiro atoms. The van der Waals surface area contributed by atoms with Crippen LogP contribution >= 0.6 is 11.8 Å². The first-order valence-corrected chi connectivity index (χ1v) is 10.2. The second-order valence-electron chi connectivity index (χ2n) is 6.58. The van der Waals surface area contributed by atoms with Crippen LogP contribution < -0.4 is 19.5 Å². The average Bonchev–Trinajstić information content (AvgIpc) is 3.37. The minimum atomic E-state index is -0.445. The zero-order valence-corrected chi connectivity index (χ0v) is 17.9. The van der Waals surface area contributed by atoms with Crippen LogP contribution in [-0.4, -0.2) is 69.1 Å². The van der Waals surface area contributed by atoms with Gasteiger partial charge in [0.25, 0.3) is 11.1 Å². The van der Waals surface area contributed by atoms with Gasteiger partial charge in [-0.1, -0.05) is 0 Å². The summed E-state index contributed by atoms with van der Waals surface area (Å²) in [5.41, 5.74) is 0.627. The first kappa shape index (κ1) is 22.0. The van der Waals surface area contributed by atoms with Crippen molar-refractivity contribution in [2.24, 2.45) is 0 Å². The lowest BCUT2D eigenvalue weighted by atomic mass is 10.1. The smallest absolute Gasteiger partial charge is 0.293 e. The highest BCUT2D eigenvalue weighted by Crippen LogP contribution is 2.40. The monoisotopic (exact) mass is 436 g/mol. The lowest BCUT2D eigenvalue weighted by Gasteiger charge is -2.15. The number of imide groups is 1. The summed E-state index contributed by atoms with van der Waals surface area (Å²) in [6.07, 6.45) is 2.69. The van der Waals surface area contributed by atoms with E-state index in [1.165, 1.54) is 21.3 Å². The number of rotatable bonds is 8. The molecule has 3 amide bonds. The molecular weight excluding hydrogens is 412 g/mol. The van der Waals surface area contributed by atoms with Crippen LogP contribution in [0, 0.1) is 0 Å². The molecule has 0 saturated carbocycles. The zero-order chi connectivity index (χ0) is 21.7. The Labute approximate surface area is 178 Å². The Morgan fingerprint density at radius 3 is 2.50 bits per heavy atom. The number of nitrogens with one attached hydrogen (secondary N) is 1. The van der Waals surface area contributed by atoms with Crippen LogP contribution in [0.3, 0.4) is 0 Å². The Morgan fingerprint density at radius 2 is 1.93 bits per heavy atom. The number of hydrogen-bond donors (Lipinski definition) is 1. The maximum absolute atomic E-state index is 12.7. The van der Waals surface area contributed by atoms with Crippen LogP contribution in [0.1, 0.15) is 18.4 Å². The van der Waals surface area contributed by atoms with E-state index in [1.807, 2.05) is 0 Å². The summed E-state index contributed by atoms with van der Waals surface area (Å²) >= 11 is 0.846. The van der Waals surface area contributed by atoms with E-state index in [-0.39, 0.29) is 29.1 Å². The predicted octanol–water partition coefficient (Wildman–Crippen LogP) is 2.04. The number of amides is 3. The molecule has 30 heavy (non-hydrogen) atoms. The van der Waals surface area contributed by atoms with Gasteiger partial charge in [-0.05, 0) is 48.4 Å². The van der Waals surface area contributed by atoms with E-state index in [0.717, 1.165) is 23.1 Å². The van der Waals surface area contributed by atoms with E-state index in [2.05, 4.69) is 5.32 Å². The summed E-state index contributed by atoms with van der Waals surface area (Å²) < 4.78 is 21.2. The maximum atomic E-state index is 12.7. The summed E-state index contributed by atoms with van der Waals surface area (Å²) in [5, 5.41) is 2.33. The molecule has 1 aromatic carbocycles. The number of carbonyl (C=O) groups is 3. The summed E-state index contributed by atoms with van der Waals surface area (Å²) in [4.78, 5) is 38.3. The third-order valence-corrected chi connectivity index (χ3v) is 5.62. The molecule has 2 fully saturated rings. The Bertz CT molecular complexity index is 840. The molecule has 0 bridgehead atoms. The second-order valence-corrected chi connectivity index (χ2v) is 7.58. The lowest BCUT2D eigenvalue weighted by Crippen LogP contribution is -2.40. The predicted molar refractivity (Wildman–Crippen MR) is 111 cm³/mol. The van der Waals surface area contributed by atoms with E-state index < -0.39 is 12.0 Å². The first-order valence-electron chi connectivity index (χ1n) is 9.43. The number of methoxy groups -OCH3 is 3. The van der Waals surface area contributed by atoms with Gasteiger partial charge in [0.2, 0.25) is 11.7 Å². The molecule has 0 aromatic heterocycles. The standard InChI is InChI=1S/C20H24N2O7S/c1-26-14-9-12(10-15(27-2)17(14)28-3)11-16-19(24)22(20(25)30-16)7-6-21-18(23)13-5-4-8-29-13/h9-11,13H,4-8H2,1-3H3,(H,21,23)/b16-11-. The van der Waals surface area contributed by atoms with Crippen molar-refractivity contribution in [3.8, 4) is 17.2 Å². The average molecular weight is 436 g/mol. The quantitative estimate of drug-likeness (QED) is 0.618. The molecule has 2 aliphatic heterocycles. The maximum Gasteiger partial charge on any atom is 0.293 e. The Hall–Kier alpha value is -2.72. The van der Waals surface area contributed by atoms with Gasteiger partial charge in [-0.15, -0.1) is 0 Å². The highest BCUT2D eigenvalue weighted by atomic mass is 32.2. The van der Waals surface area contributed by atoms with Crippen molar-refractivity contribution in [1.29, 1.82) is 0 Å². The second kappa shape index (κ2) is 9.86. The number of benzene rings is 1. The topological polar surface area (TPSA) is 103 Å². The van der Waals surface area contributed by atoms with Gasteiger partial charge in [-0.3, -0.25) is 19.3 Å². The Kier molecular flexibility index (Phi) is 7.22. The molecule has 1 N–H and O–H groups in total. The van der Waals surface area contributed by atoms with Crippen LogP contribution in [0.25, 0.3) is 6.08 Å². The first-order chi connectivity index (χ1) is 14.5. The van der Waals surface area contributed by atoms with Crippen molar-refractivity contribution < 1.29 is 33.3 Å². The SMILES string of the molecule is COc1cc(/C=C2\SC(=O)N(CCNC(=O)C3CCCO3)C2=O)cc(OC)c1OC. The molecule has 1 aromatic rings. The van der Waals surface area contributed by atoms with Crippen molar-refractivity contribution in [2.75, 3.05) is 41.0 Å². The number of ether oxygens (including phenoxy) is 4. The van der Waals surface area contributed by atoms with E-state index in [9.17, 15) is 14.4 Å². The van der Waals surface area contributed by atoms with Crippen molar-refractivity contribution in [3.63, 3.8) is 0 Å². The molecule has 2 saturated heterocycles. The molecular formula is C20H24N2O7S. The van der Waals surface area contributed by atoms with Crippen LogP contribution in [0.15, 0.2) is 17.0 Å². The van der Waals surface area contributed by atoms with Crippen molar-refractivity contribution >= 4 is 34.9 Å².